The molecule has 2 heterocycles. The van der Waals surface area contributed by atoms with Gasteiger partial charge in [0.15, 0.2) is 4.96 Å². The number of aryl methyl sites for hydroxylation is 2. The van der Waals surface area contributed by atoms with Gasteiger partial charge in [-0.25, -0.2) is 4.98 Å². The van der Waals surface area contributed by atoms with Crippen LogP contribution in [0, 0.1) is 13.8 Å². The zero-order valence-corrected chi connectivity index (χ0v) is 11.5. The molecular formula is C14H13N3OS. The molecule has 19 heavy (non-hydrogen) atoms. The number of fused-ring (bicyclic) bond motifs is 1. The topological polar surface area (TPSA) is 46.4 Å². The van der Waals surface area contributed by atoms with Gasteiger partial charge in [0, 0.05) is 23.0 Å². The first-order valence-electron chi connectivity index (χ1n) is 5.95. The number of rotatable bonds is 2. The van der Waals surface area contributed by atoms with Crippen molar-refractivity contribution in [3.8, 4) is 0 Å². The third kappa shape index (κ3) is 2.13. The van der Waals surface area contributed by atoms with E-state index in [0.717, 1.165) is 21.9 Å². The minimum Gasteiger partial charge on any atom is -0.320 e. The molecule has 3 rings (SSSR count). The molecule has 0 aliphatic rings. The summed E-state index contributed by atoms with van der Waals surface area (Å²) in [6.45, 7) is 3.96. The highest BCUT2D eigenvalue weighted by Crippen LogP contribution is 2.18. The largest absolute Gasteiger partial charge is 0.320 e. The van der Waals surface area contributed by atoms with Gasteiger partial charge in [-0.3, -0.25) is 9.20 Å². The Labute approximate surface area is 114 Å². The van der Waals surface area contributed by atoms with E-state index in [0.29, 0.717) is 5.69 Å². The third-order valence-corrected chi connectivity index (χ3v) is 3.97. The first-order valence-corrected chi connectivity index (χ1v) is 6.83. The fourth-order valence-electron chi connectivity index (χ4n) is 1.90. The van der Waals surface area contributed by atoms with E-state index in [9.17, 15) is 4.79 Å². The standard InChI is InChI=1S/C14H13N3OS/c1-9-5-3-4-6-11(9)15-13(18)12-7-17-10(2)8-19-14(17)16-12/h3-8H,1-2H3,(H,15,18). The predicted molar refractivity (Wildman–Crippen MR) is 76.9 cm³/mol. The van der Waals surface area contributed by atoms with Crippen molar-refractivity contribution in [1.29, 1.82) is 0 Å². The highest BCUT2D eigenvalue weighted by atomic mass is 32.1. The van der Waals surface area contributed by atoms with Crippen LogP contribution in [0.2, 0.25) is 0 Å². The second-order valence-electron chi connectivity index (χ2n) is 4.42. The van der Waals surface area contributed by atoms with Crippen LogP contribution in [0.5, 0.6) is 0 Å². The number of hydrogen-bond acceptors (Lipinski definition) is 3. The van der Waals surface area contributed by atoms with Crippen molar-refractivity contribution in [2.75, 3.05) is 5.32 Å². The van der Waals surface area contributed by atoms with Crippen LogP contribution in [0.1, 0.15) is 21.7 Å². The summed E-state index contributed by atoms with van der Waals surface area (Å²) in [4.78, 5) is 17.3. The van der Waals surface area contributed by atoms with Crippen LogP contribution in [-0.2, 0) is 0 Å². The van der Waals surface area contributed by atoms with E-state index in [4.69, 9.17) is 0 Å². The number of thiazole rings is 1. The van der Waals surface area contributed by atoms with Gasteiger partial charge < -0.3 is 5.32 Å². The molecule has 0 unspecified atom stereocenters. The molecule has 96 valence electrons. The van der Waals surface area contributed by atoms with E-state index in [2.05, 4.69) is 10.3 Å². The highest BCUT2D eigenvalue weighted by Gasteiger charge is 2.13. The normalized spacial score (nSPS) is 10.8. The average Bonchev–Trinajstić information content (AvgIpc) is 2.95. The Hall–Kier alpha value is -2.14. The maximum absolute atomic E-state index is 12.2. The zero-order valence-electron chi connectivity index (χ0n) is 10.7. The monoisotopic (exact) mass is 271 g/mol. The van der Waals surface area contributed by atoms with E-state index >= 15 is 0 Å². The zero-order chi connectivity index (χ0) is 13.4. The number of carbonyl (C=O) groups excluding carboxylic acids is 1. The van der Waals surface area contributed by atoms with Crippen LogP contribution in [0.15, 0.2) is 35.8 Å². The number of imidazole rings is 1. The van der Waals surface area contributed by atoms with Crippen molar-refractivity contribution >= 4 is 27.9 Å². The number of para-hydroxylation sites is 1. The molecule has 0 aliphatic carbocycles. The first kappa shape index (κ1) is 11.9. The molecule has 0 bridgehead atoms. The summed E-state index contributed by atoms with van der Waals surface area (Å²) in [5.41, 5.74) is 3.38. The molecule has 0 radical (unpaired) electrons. The van der Waals surface area contributed by atoms with Crippen molar-refractivity contribution in [3.63, 3.8) is 0 Å². The summed E-state index contributed by atoms with van der Waals surface area (Å²) in [6, 6.07) is 7.70. The molecule has 0 saturated heterocycles. The maximum Gasteiger partial charge on any atom is 0.275 e. The van der Waals surface area contributed by atoms with Crippen molar-refractivity contribution in [2.45, 2.75) is 13.8 Å². The Kier molecular flexibility index (Phi) is 2.83. The molecule has 1 aromatic carbocycles. The molecule has 1 N–H and O–H groups in total. The fraction of sp³-hybridized carbons (Fsp3) is 0.143. The molecule has 4 nitrogen and oxygen atoms in total. The summed E-state index contributed by atoms with van der Waals surface area (Å²) < 4.78 is 1.93. The second-order valence-corrected chi connectivity index (χ2v) is 5.26. The highest BCUT2D eigenvalue weighted by molar-refractivity contribution is 7.15. The van der Waals surface area contributed by atoms with Crippen LogP contribution in [-0.4, -0.2) is 15.3 Å². The lowest BCUT2D eigenvalue weighted by atomic mass is 10.2. The number of benzene rings is 1. The minimum atomic E-state index is -0.176. The average molecular weight is 271 g/mol. The lowest BCUT2D eigenvalue weighted by molar-refractivity contribution is 0.102. The van der Waals surface area contributed by atoms with E-state index in [1.165, 1.54) is 11.3 Å². The molecule has 1 amide bonds. The number of nitrogens with zero attached hydrogens (tertiary/aromatic N) is 2. The van der Waals surface area contributed by atoms with Crippen molar-refractivity contribution in [1.82, 2.24) is 9.38 Å². The van der Waals surface area contributed by atoms with Gasteiger partial charge in [0.1, 0.15) is 5.69 Å². The van der Waals surface area contributed by atoms with E-state index in [1.54, 1.807) is 6.20 Å². The number of aromatic nitrogens is 2. The number of carbonyl (C=O) groups is 1. The molecule has 5 heteroatoms. The lowest BCUT2D eigenvalue weighted by Crippen LogP contribution is -2.13. The van der Waals surface area contributed by atoms with Gasteiger partial charge in [-0.2, -0.15) is 0 Å². The van der Waals surface area contributed by atoms with Gasteiger partial charge in [0.05, 0.1) is 0 Å². The molecule has 0 saturated carbocycles. The number of nitrogens with one attached hydrogen (secondary N) is 1. The smallest absolute Gasteiger partial charge is 0.275 e. The second kappa shape index (κ2) is 4.51. The minimum absolute atomic E-state index is 0.176. The molecule has 0 spiro atoms. The van der Waals surface area contributed by atoms with Crippen LogP contribution >= 0.6 is 11.3 Å². The summed E-state index contributed by atoms with van der Waals surface area (Å²) in [5.74, 6) is -0.176. The van der Waals surface area contributed by atoms with Crippen LogP contribution in [0.4, 0.5) is 5.69 Å². The number of hydrogen-bond donors (Lipinski definition) is 1. The van der Waals surface area contributed by atoms with Crippen LogP contribution in [0.3, 0.4) is 0 Å². The number of amides is 1. The van der Waals surface area contributed by atoms with Gasteiger partial charge in [-0.05, 0) is 25.5 Å². The van der Waals surface area contributed by atoms with Crippen LogP contribution in [0.25, 0.3) is 4.96 Å². The van der Waals surface area contributed by atoms with Gasteiger partial charge in [0.2, 0.25) is 0 Å². The maximum atomic E-state index is 12.2. The Morgan fingerprint density at radius 3 is 2.84 bits per heavy atom. The first-order chi connectivity index (χ1) is 9.15. The molecule has 2 aromatic heterocycles. The van der Waals surface area contributed by atoms with E-state index in [1.807, 2.05) is 47.9 Å². The third-order valence-electron chi connectivity index (χ3n) is 3.01. The predicted octanol–water partition coefficient (Wildman–Crippen LogP) is 3.26. The fourth-order valence-corrected chi connectivity index (χ4v) is 2.75. The lowest BCUT2D eigenvalue weighted by Gasteiger charge is -2.05. The van der Waals surface area contributed by atoms with E-state index < -0.39 is 0 Å². The van der Waals surface area contributed by atoms with Crippen LogP contribution < -0.4 is 5.32 Å². The van der Waals surface area contributed by atoms with Crippen molar-refractivity contribution in [3.05, 3.63) is 52.8 Å². The molecule has 3 aromatic rings. The van der Waals surface area contributed by atoms with Gasteiger partial charge in [-0.1, -0.05) is 18.2 Å². The molecule has 0 aliphatic heterocycles. The summed E-state index contributed by atoms with van der Waals surface area (Å²) in [7, 11) is 0. The Balaban J connectivity index is 1.90. The van der Waals surface area contributed by atoms with Crippen molar-refractivity contribution < 1.29 is 4.79 Å². The summed E-state index contributed by atoms with van der Waals surface area (Å²) in [5, 5.41) is 4.91. The number of anilines is 1. The molecule has 0 fully saturated rings. The molecular weight excluding hydrogens is 258 g/mol. The van der Waals surface area contributed by atoms with Gasteiger partial charge in [-0.15, -0.1) is 11.3 Å². The Bertz CT molecular complexity index is 757. The quantitative estimate of drug-likeness (QED) is 0.777. The summed E-state index contributed by atoms with van der Waals surface area (Å²) in [6.07, 6.45) is 1.77. The Morgan fingerprint density at radius 2 is 2.11 bits per heavy atom. The van der Waals surface area contributed by atoms with E-state index in [-0.39, 0.29) is 5.91 Å². The van der Waals surface area contributed by atoms with Gasteiger partial charge in [0.25, 0.3) is 5.91 Å². The molecule has 0 atom stereocenters. The summed E-state index contributed by atoms with van der Waals surface area (Å²) >= 11 is 1.53. The van der Waals surface area contributed by atoms with Gasteiger partial charge >= 0.3 is 0 Å². The SMILES string of the molecule is Cc1ccccc1NC(=O)c1cn2c(C)csc2n1. The Morgan fingerprint density at radius 1 is 1.32 bits per heavy atom. The van der Waals surface area contributed by atoms with Crippen molar-refractivity contribution in [2.24, 2.45) is 0 Å².